The van der Waals surface area contributed by atoms with Gasteiger partial charge in [0.2, 0.25) is 0 Å². The summed E-state index contributed by atoms with van der Waals surface area (Å²) in [7, 11) is 0. The van der Waals surface area contributed by atoms with E-state index >= 15 is 0 Å². The molecule has 0 fully saturated rings. The zero-order valence-electron chi connectivity index (χ0n) is 14.0. The van der Waals surface area contributed by atoms with Gasteiger partial charge in [0.05, 0.1) is 0 Å². The third-order valence-electron chi connectivity index (χ3n) is 2.65. The van der Waals surface area contributed by atoms with Crippen molar-refractivity contribution in [2.45, 2.75) is 54.4 Å². The van der Waals surface area contributed by atoms with Crippen molar-refractivity contribution < 1.29 is 0 Å². The third kappa shape index (κ3) is 7.78. The van der Waals surface area contributed by atoms with Crippen molar-refractivity contribution in [2.24, 2.45) is 0 Å². The molecular weight excluding hydrogens is 240 g/mol. The SMILES string of the molecule is CC.CCC.Cc1ccc(Cc2ccc(C)cc2)cc1. The average Bonchev–Trinajstić information content (AvgIpc) is 2.47. The first kappa shape index (κ1) is 18.4. The summed E-state index contributed by atoms with van der Waals surface area (Å²) in [5.74, 6) is 0. The van der Waals surface area contributed by atoms with E-state index in [9.17, 15) is 0 Å². The smallest absolute Gasteiger partial charge is 0.00258 e. The molecule has 0 aromatic heterocycles. The Morgan fingerprint density at radius 2 is 0.850 bits per heavy atom. The fraction of sp³-hybridized carbons (Fsp3) is 0.400. The molecule has 0 aliphatic carbocycles. The molecule has 0 unspecified atom stereocenters. The normalized spacial score (nSPS) is 8.90. The minimum Gasteiger partial charge on any atom is -0.0683 e. The van der Waals surface area contributed by atoms with Gasteiger partial charge in [-0.3, -0.25) is 0 Å². The molecule has 0 amide bonds. The first-order valence-electron chi connectivity index (χ1n) is 7.76. The summed E-state index contributed by atoms with van der Waals surface area (Å²) >= 11 is 0. The summed E-state index contributed by atoms with van der Waals surface area (Å²) in [5, 5.41) is 0. The van der Waals surface area contributed by atoms with Gasteiger partial charge < -0.3 is 0 Å². The van der Waals surface area contributed by atoms with Gasteiger partial charge in [-0.15, -0.1) is 0 Å². The van der Waals surface area contributed by atoms with Crippen molar-refractivity contribution >= 4 is 0 Å². The highest BCUT2D eigenvalue weighted by Crippen LogP contribution is 2.11. The number of hydrogen-bond donors (Lipinski definition) is 0. The highest BCUT2D eigenvalue weighted by atomic mass is 14.0. The van der Waals surface area contributed by atoms with Gasteiger partial charge >= 0.3 is 0 Å². The number of benzene rings is 2. The maximum atomic E-state index is 2.20. The van der Waals surface area contributed by atoms with Crippen molar-refractivity contribution in [1.29, 1.82) is 0 Å². The Morgan fingerprint density at radius 1 is 0.600 bits per heavy atom. The van der Waals surface area contributed by atoms with Crippen LogP contribution in [0.25, 0.3) is 0 Å². The first-order chi connectivity index (χ1) is 9.65. The molecule has 0 N–H and O–H groups in total. The van der Waals surface area contributed by atoms with Crippen molar-refractivity contribution in [3.63, 3.8) is 0 Å². The third-order valence-corrected chi connectivity index (χ3v) is 2.65. The minimum atomic E-state index is 1.03. The maximum absolute atomic E-state index is 2.20. The summed E-state index contributed by atoms with van der Waals surface area (Å²) in [6.45, 7) is 12.5. The second-order valence-corrected chi connectivity index (χ2v) is 4.86. The monoisotopic (exact) mass is 270 g/mol. The van der Waals surface area contributed by atoms with E-state index in [1.807, 2.05) is 13.8 Å². The lowest BCUT2D eigenvalue weighted by atomic mass is 10.0. The molecule has 0 radical (unpaired) electrons. The summed E-state index contributed by atoms with van der Waals surface area (Å²) < 4.78 is 0. The molecule has 20 heavy (non-hydrogen) atoms. The summed E-state index contributed by atoms with van der Waals surface area (Å²) in [4.78, 5) is 0. The fourth-order valence-electron chi connectivity index (χ4n) is 1.65. The number of rotatable bonds is 2. The van der Waals surface area contributed by atoms with Crippen LogP contribution in [0, 0.1) is 13.8 Å². The zero-order valence-corrected chi connectivity index (χ0v) is 14.0. The molecule has 0 saturated heterocycles. The Hall–Kier alpha value is -1.56. The van der Waals surface area contributed by atoms with Crippen LogP contribution in [0.4, 0.5) is 0 Å². The quantitative estimate of drug-likeness (QED) is 0.597. The van der Waals surface area contributed by atoms with E-state index in [1.165, 1.54) is 28.7 Å². The van der Waals surface area contributed by atoms with Crippen LogP contribution in [0.15, 0.2) is 48.5 Å². The van der Waals surface area contributed by atoms with Gasteiger partial charge in [0, 0.05) is 0 Å². The molecule has 0 aliphatic heterocycles. The van der Waals surface area contributed by atoms with Crippen LogP contribution in [0.2, 0.25) is 0 Å². The Morgan fingerprint density at radius 3 is 1.10 bits per heavy atom. The van der Waals surface area contributed by atoms with Crippen LogP contribution in [0.3, 0.4) is 0 Å². The Labute approximate surface area is 125 Å². The van der Waals surface area contributed by atoms with Gasteiger partial charge in [-0.25, -0.2) is 0 Å². The van der Waals surface area contributed by atoms with Crippen molar-refractivity contribution in [2.75, 3.05) is 0 Å². The number of hydrogen-bond acceptors (Lipinski definition) is 0. The van der Waals surface area contributed by atoms with E-state index in [1.54, 1.807) is 0 Å². The molecule has 2 aromatic carbocycles. The lowest BCUT2D eigenvalue weighted by Crippen LogP contribution is -1.88. The van der Waals surface area contributed by atoms with Crippen LogP contribution < -0.4 is 0 Å². The van der Waals surface area contributed by atoms with E-state index in [0.29, 0.717) is 0 Å². The topological polar surface area (TPSA) is 0 Å². The second kappa shape index (κ2) is 11.3. The maximum Gasteiger partial charge on any atom is -0.00258 e. The van der Waals surface area contributed by atoms with Crippen molar-refractivity contribution in [3.8, 4) is 0 Å². The molecule has 0 saturated carbocycles. The predicted octanol–water partition coefficient (Wildman–Crippen LogP) is 6.34. The lowest BCUT2D eigenvalue weighted by Gasteiger charge is -2.03. The van der Waals surface area contributed by atoms with Crippen LogP contribution in [-0.2, 0) is 6.42 Å². The van der Waals surface area contributed by atoms with Gasteiger partial charge in [-0.1, -0.05) is 93.8 Å². The molecule has 110 valence electrons. The zero-order chi connectivity index (χ0) is 15.4. The van der Waals surface area contributed by atoms with Gasteiger partial charge in [0.1, 0.15) is 0 Å². The molecular formula is C20H30. The van der Waals surface area contributed by atoms with Gasteiger partial charge in [-0.05, 0) is 31.4 Å². The highest BCUT2D eigenvalue weighted by Gasteiger charge is 1.95. The van der Waals surface area contributed by atoms with Crippen molar-refractivity contribution in [3.05, 3.63) is 70.8 Å². The Kier molecular flexibility index (Phi) is 10.4. The minimum absolute atomic E-state index is 1.03. The largest absolute Gasteiger partial charge is 0.0683 e. The predicted molar refractivity (Wildman–Crippen MR) is 92.5 cm³/mol. The molecule has 0 heteroatoms. The molecule has 0 atom stereocenters. The van der Waals surface area contributed by atoms with E-state index in [0.717, 1.165) is 6.42 Å². The first-order valence-corrected chi connectivity index (χ1v) is 7.76. The van der Waals surface area contributed by atoms with Gasteiger partial charge in [-0.2, -0.15) is 0 Å². The molecule has 2 rings (SSSR count). The Bertz CT molecular complexity index is 391. The molecule has 0 nitrogen and oxygen atoms in total. The molecule has 0 bridgehead atoms. The molecule has 0 aliphatic rings. The fourth-order valence-corrected chi connectivity index (χ4v) is 1.65. The van der Waals surface area contributed by atoms with Crippen LogP contribution >= 0.6 is 0 Å². The van der Waals surface area contributed by atoms with Crippen LogP contribution in [-0.4, -0.2) is 0 Å². The van der Waals surface area contributed by atoms with Gasteiger partial charge in [0.15, 0.2) is 0 Å². The van der Waals surface area contributed by atoms with E-state index < -0.39 is 0 Å². The van der Waals surface area contributed by atoms with E-state index in [2.05, 4.69) is 76.2 Å². The van der Waals surface area contributed by atoms with Crippen LogP contribution in [0.5, 0.6) is 0 Å². The summed E-state index contributed by atoms with van der Waals surface area (Å²) in [6.07, 6.45) is 2.28. The molecule has 0 heterocycles. The standard InChI is InChI=1S/C15H16.C3H8.C2H6/c1-12-3-7-14(8-4-12)11-15-9-5-13(2)6-10-15;1-3-2;1-2/h3-10H,11H2,1-2H3;3H2,1-2H3;1-2H3. The Balaban J connectivity index is 0.000000641. The highest BCUT2D eigenvalue weighted by molar-refractivity contribution is 5.29. The average molecular weight is 270 g/mol. The second-order valence-electron chi connectivity index (χ2n) is 4.86. The van der Waals surface area contributed by atoms with E-state index in [4.69, 9.17) is 0 Å². The van der Waals surface area contributed by atoms with Crippen LogP contribution in [0.1, 0.15) is 56.4 Å². The summed E-state index contributed by atoms with van der Waals surface area (Å²) in [5.41, 5.74) is 5.40. The van der Waals surface area contributed by atoms with Gasteiger partial charge in [0.25, 0.3) is 0 Å². The van der Waals surface area contributed by atoms with Crippen molar-refractivity contribution in [1.82, 2.24) is 0 Å². The summed E-state index contributed by atoms with van der Waals surface area (Å²) in [6, 6.07) is 17.5. The van der Waals surface area contributed by atoms with E-state index in [-0.39, 0.29) is 0 Å². The number of aryl methyl sites for hydroxylation is 2. The lowest BCUT2D eigenvalue weighted by molar-refractivity contribution is 1.09. The molecule has 0 spiro atoms. The molecule has 2 aromatic rings.